The predicted octanol–water partition coefficient (Wildman–Crippen LogP) is 3.59. The Labute approximate surface area is 174 Å². The molecule has 156 valence electrons. The van der Waals surface area contributed by atoms with Crippen molar-refractivity contribution in [2.45, 2.75) is 52.1 Å². The SMILES string of the molecule is Cc1nn(-c2ccccc2)c(Cl)c1/C=N/N1C(C)CCCC1C.O=C(O)C(=O)O. The topological polar surface area (TPSA) is 108 Å². The van der Waals surface area contributed by atoms with Gasteiger partial charge in [-0.15, -0.1) is 0 Å². The van der Waals surface area contributed by atoms with Crippen LogP contribution in [0.1, 0.15) is 44.4 Å². The molecule has 3 rings (SSSR count). The summed E-state index contributed by atoms with van der Waals surface area (Å²) in [6, 6.07) is 10.9. The molecule has 0 aliphatic carbocycles. The van der Waals surface area contributed by atoms with Gasteiger partial charge in [-0.2, -0.15) is 10.2 Å². The normalized spacial score (nSPS) is 19.0. The molecule has 2 heterocycles. The van der Waals surface area contributed by atoms with Crippen LogP contribution in [0.2, 0.25) is 5.15 Å². The Hall–Kier alpha value is -2.87. The summed E-state index contributed by atoms with van der Waals surface area (Å²) < 4.78 is 1.77. The summed E-state index contributed by atoms with van der Waals surface area (Å²) in [7, 11) is 0. The number of carboxylic acid groups (broad SMARTS) is 2. The number of carboxylic acids is 2. The first kappa shape index (κ1) is 22.4. The maximum atomic E-state index is 9.10. The summed E-state index contributed by atoms with van der Waals surface area (Å²) in [4.78, 5) is 18.2. The number of rotatable bonds is 3. The summed E-state index contributed by atoms with van der Waals surface area (Å²) in [6.07, 6.45) is 5.53. The third-order valence-electron chi connectivity index (χ3n) is 4.70. The van der Waals surface area contributed by atoms with Crippen LogP contribution in [-0.4, -0.2) is 55.2 Å². The third kappa shape index (κ3) is 5.80. The summed E-state index contributed by atoms with van der Waals surface area (Å²) in [5.41, 5.74) is 2.74. The quantitative estimate of drug-likeness (QED) is 0.580. The lowest BCUT2D eigenvalue weighted by atomic mass is 10.00. The van der Waals surface area contributed by atoms with E-state index >= 15 is 0 Å². The summed E-state index contributed by atoms with van der Waals surface area (Å²) in [5.74, 6) is -3.65. The van der Waals surface area contributed by atoms with Crippen molar-refractivity contribution in [1.29, 1.82) is 0 Å². The minimum absolute atomic E-state index is 0.471. The minimum atomic E-state index is -1.82. The number of carbonyl (C=O) groups is 2. The fraction of sp³-hybridized carbons (Fsp3) is 0.400. The van der Waals surface area contributed by atoms with Crippen molar-refractivity contribution in [1.82, 2.24) is 14.8 Å². The van der Waals surface area contributed by atoms with E-state index in [4.69, 9.17) is 36.5 Å². The number of aromatic nitrogens is 2. The second-order valence-corrected chi connectivity index (χ2v) is 7.26. The van der Waals surface area contributed by atoms with Crippen molar-refractivity contribution >= 4 is 29.8 Å². The Bertz CT molecular complexity index is 860. The summed E-state index contributed by atoms with van der Waals surface area (Å²) in [6.45, 7) is 6.43. The van der Waals surface area contributed by atoms with E-state index in [9.17, 15) is 0 Å². The van der Waals surface area contributed by atoms with Crippen LogP contribution in [-0.2, 0) is 9.59 Å². The Balaban J connectivity index is 0.000000438. The van der Waals surface area contributed by atoms with Gasteiger partial charge in [-0.1, -0.05) is 29.8 Å². The van der Waals surface area contributed by atoms with Gasteiger partial charge in [0.05, 0.1) is 23.2 Å². The first-order valence-electron chi connectivity index (χ1n) is 9.31. The van der Waals surface area contributed by atoms with Gasteiger partial charge in [0.15, 0.2) is 0 Å². The van der Waals surface area contributed by atoms with Crippen molar-refractivity contribution < 1.29 is 19.8 Å². The molecule has 1 aromatic heterocycles. The lowest BCUT2D eigenvalue weighted by Gasteiger charge is -2.36. The highest BCUT2D eigenvalue weighted by molar-refractivity contribution is 6.32. The molecule has 0 amide bonds. The molecule has 2 atom stereocenters. The molecule has 1 saturated heterocycles. The van der Waals surface area contributed by atoms with Gasteiger partial charge in [-0.25, -0.2) is 14.3 Å². The van der Waals surface area contributed by atoms with Crippen molar-refractivity contribution in [2.24, 2.45) is 5.10 Å². The monoisotopic (exact) mass is 420 g/mol. The molecule has 2 unspecified atom stereocenters. The molecule has 0 radical (unpaired) electrons. The van der Waals surface area contributed by atoms with E-state index in [1.807, 2.05) is 43.5 Å². The highest BCUT2D eigenvalue weighted by atomic mass is 35.5. The molecule has 1 aliphatic heterocycles. The van der Waals surface area contributed by atoms with E-state index in [-0.39, 0.29) is 0 Å². The molecule has 29 heavy (non-hydrogen) atoms. The molecule has 2 N–H and O–H groups in total. The smallest absolute Gasteiger partial charge is 0.414 e. The number of aliphatic carboxylic acids is 2. The molecule has 2 aromatic rings. The van der Waals surface area contributed by atoms with Crippen molar-refractivity contribution in [2.75, 3.05) is 0 Å². The average Bonchev–Trinajstić information content (AvgIpc) is 2.96. The molecule has 1 aliphatic rings. The zero-order chi connectivity index (χ0) is 21.6. The Kier molecular flexibility index (Phi) is 7.78. The van der Waals surface area contributed by atoms with E-state index < -0.39 is 11.9 Å². The molecule has 8 nitrogen and oxygen atoms in total. The zero-order valence-electron chi connectivity index (χ0n) is 16.6. The van der Waals surface area contributed by atoms with Crippen LogP contribution in [0.3, 0.4) is 0 Å². The molecule has 1 aromatic carbocycles. The number of aryl methyl sites for hydroxylation is 1. The van der Waals surface area contributed by atoms with Gasteiger partial charge in [0.2, 0.25) is 0 Å². The van der Waals surface area contributed by atoms with E-state index in [0.717, 1.165) is 16.9 Å². The molecular formula is C20H25ClN4O4. The van der Waals surface area contributed by atoms with Crippen molar-refractivity contribution in [3.63, 3.8) is 0 Å². The fourth-order valence-electron chi connectivity index (χ4n) is 3.16. The lowest BCUT2D eigenvalue weighted by Crippen LogP contribution is -2.39. The predicted molar refractivity (Wildman–Crippen MR) is 111 cm³/mol. The first-order valence-corrected chi connectivity index (χ1v) is 9.69. The average molecular weight is 421 g/mol. The highest BCUT2D eigenvalue weighted by Crippen LogP contribution is 2.25. The number of nitrogens with zero attached hydrogens (tertiary/aromatic N) is 4. The van der Waals surface area contributed by atoms with Crippen LogP contribution in [0.15, 0.2) is 35.4 Å². The molecule has 0 spiro atoms. The number of halogens is 1. The Morgan fingerprint density at radius 3 is 2.21 bits per heavy atom. The first-order chi connectivity index (χ1) is 13.7. The van der Waals surface area contributed by atoms with E-state index in [0.29, 0.717) is 17.2 Å². The van der Waals surface area contributed by atoms with Crippen LogP contribution >= 0.6 is 11.6 Å². The minimum Gasteiger partial charge on any atom is -0.473 e. The van der Waals surface area contributed by atoms with E-state index in [1.54, 1.807) is 4.68 Å². The van der Waals surface area contributed by atoms with Gasteiger partial charge >= 0.3 is 11.9 Å². The number of hydrazone groups is 1. The molecule has 0 saturated carbocycles. The largest absolute Gasteiger partial charge is 0.473 e. The summed E-state index contributed by atoms with van der Waals surface area (Å²) in [5, 5.41) is 26.9. The van der Waals surface area contributed by atoms with Crippen molar-refractivity contribution in [3.8, 4) is 5.69 Å². The lowest BCUT2D eigenvalue weighted by molar-refractivity contribution is -0.159. The Morgan fingerprint density at radius 2 is 1.69 bits per heavy atom. The second-order valence-electron chi connectivity index (χ2n) is 6.90. The van der Waals surface area contributed by atoms with Crippen LogP contribution in [0.4, 0.5) is 0 Å². The number of para-hydroxylation sites is 1. The second kappa shape index (κ2) is 10.1. The maximum Gasteiger partial charge on any atom is 0.414 e. The van der Waals surface area contributed by atoms with E-state index in [1.165, 1.54) is 19.3 Å². The van der Waals surface area contributed by atoms with Gasteiger partial charge in [-0.3, -0.25) is 5.01 Å². The third-order valence-corrected chi connectivity index (χ3v) is 5.06. The van der Waals surface area contributed by atoms with Gasteiger partial charge < -0.3 is 10.2 Å². The van der Waals surface area contributed by atoms with Gasteiger partial charge in [-0.05, 0) is 52.2 Å². The highest BCUT2D eigenvalue weighted by Gasteiger charge is 2.23. The van der Waals surface area contributed by atoms with Crippen LogP contribution in [0, 0.1) is 6.92 Å². The molecule has 0 bridgehead atoms. The molecule has 1 fully saturated rings. The van der Waals surface area contributed by atoms with Crippen LogP contribution in [0.25, 0.3) is 5.69 Å². The number of hydrogen-bond donors (Lipinski definition) is 2. The van der Waals surface area contributed by atoms with E-state index in [2.05, 4.69) is 24.0 Å². The number of benzene rings is 1. The van der Waals surface area contributed by atoms with Crippen LogP contribution in [0.5, 0.6) is 0 Å². The van der Waals surface area contributed by atoms with Gasteiger partial charge in [0, 0.05) is 12.1 Å². The Morgan fingerprint density at radius 1 is 1.14 bits per heavy atom. The van der Waals surface area contributed by atoms with Crippen molar-refractivity contribution in [3.05, 3.63) is 46.7 Å². The number of piperidine rings is 1. The van der Waals surface area contributed by atoms with Crippen LogP contribution < -0.4 is 0 Å². The standard InChI is InChI=1S/C18H23ClN4.C2H2O4/c1-13-8-7-9-14(2)22(13)20-12-17-15(3)21-23(18(17)19)16-10-5-4-6-11-16;3-1(4)2(5)6/h4-6,10-14H,7-9H2,1-3H3;(H,3,4)(H,5,6)/b20-12+;. The zero-order valence-corrected chi connectivity index (χ0v) is 17.4. The van der Waals surface area contributed by atoms with Gasteiger partial charge in [0.1, 0.15) is 5.15 Å². The van der Waals surface area contributed by atoms with Gasteiger partial charge in [0.25, 0.3) is 0 Å². The molecule has 9 heteroatoms. The maximum absolute atomic E-state index is 9.10. The fourth-order valence-corrected chi connectivity index (χ4v) is 3.48. The summed E-state index contributed by atoms with van der Waals surface area (Å²) >= 11 is 6.55. The molecular weight excluding hydrogens is 396 g/mol. The number of hydrogen-bond acceptors (Lipinski definition) is 5.